The fraction of sp³-hybridized carbons (Fsp3) is 0.190. The van der Waals surface area contributed by atoms with Gasteiger partial charge in [-0.2, -0.15) is 13.2 Å². The molecule has 0 bridgehead atoms. The van der Waals surface area contributed by atoms with Crippen LogP contribution in [0, 0.1) is 0 Å². The second kappa shape index (κ2) is 7.73. The number of nitrogens with zero attached hydrogens (tertiary/aromatic N) is 3. The van der Waals surface area contributed by atoms with Crippen molar-refractivity contribution < 1.29 is 22.8 Å². The average molecular weight is 449 g/mol. The van der Waals surface area contributed by atoms with Crippen molar-refractivity contribution in [2.24, 2.45) is 0 Å². The zero-order valence-corrected chi connectivity index (χ0v) is 16.9. The van der Waals surface area contributed by atoms with E-state index in [0.717, 1.165) is 12.1 Å². The van der Waals surface area contributed by atoms with Crippen LogP contribution in [0.4, 0.5) is 24.5 Å². The zero-order valence-electron chi connectivity index (χ0n) is 16.2. The van der Waals surface area contributed by atoms with Crippen LogP contribution < -0.4 is 10.2 Å². The number of pyridine rings is 1. The summed E-state index contributed by atoms with van der Waals surface area (Å²) in [5.41, 5.74) is 0.0964. The summed E-state index contributed by atoms with van der Waals surface area (Å²) in [4.78, 5) is 31.3. The maximum absolute atomic E-state index is 13.2. The van der Waals surface area contributed by atoms with Crippen molar-refractivity contribution >= 4 is 34.8 Å². The largest absolute Gasteiger partial charge is 0.416 e. The van der Waals surface area contributed by atoms with E-state index in [1.165, 1.54) is 29.3 Å². The number of aromatic nitrogens is 2. The summed E-state index contributed by atoms with van der Waals surface area (Å²) in [7, 11) is 0. The highest BCUT2D eigenvalue weighted by molar-refractivity contribution is 6.32. The summed E-state index contributed by atoms with van der Waals surface area (Å²) >= 11 is 5.99. The third-order valence-corrected chi connectivity index (χ3v) is 5.34. The molecule has 1 atom stereocenters. The minimum Gasteiger partial charge on any atom is -0.338 e. The van der Waals surface area contributed by atoms with Gasteiger partial charge < -0.3 is 14.8 Å². The second-order valence-corrected chi connectivity index (χ2v) is 7.45. The lowest BCUT2D eigenvalue weighted by molar-refractivity contribution is -0.137. The maximum atomic E-state index is 13.2. The molecule has 160 valence electrons. The fourth-order valence-corrected chi connectivity index (χ4v) is 3.68. The molecule has 0 unspecified atom stereocenters. The summed E-state index contributed by atoms with van der Waals surface area (Å²) in [6, 6.07) is 8.88. The maximum Gasteiger partial charge on any atom is 0.416 e. The van der Waals surface area contributed by atoms with Crippen molar-refractivity contribution in [3.8, 4) is 0 Å². The molecule has 0 fully saturated rings. The third-order valence-electron chi connectivity index (χ3n) is 5.04. The van der Waals surface area contributed by atoms with Crippen LogP contribution in [-0.2, 0) is 6.18 Å². The monoisotopic (exact) mass is 448 g/mol. The number of hydrogen-bond donors (Lipinski definition) is 1. The number of halogens is 4. The van der Waals surface area contributed by atoms with Crippen LogP contribution in [0.25, 0.3) is 0 Å². The van der Waals surface area contributed by atoms with E-state index in [1.54, 1.807) is 22.9 Å². The summed E-state index contributed by atoms with van der Waals surface area (Å²) in [5.74, 6) is -1.02. The lowest BCUT2D eigenvalue weighted by atomic mass is 10.1. The minimum atomic E-state index is -4.47. The molecule has 0 spiro atoms. The molecule has 3 heterocycles. The summed E-state index contributed by atoms with van der Waals surface area (Å²) < 4.78 is 40.3. The van der Waals surface area contributed by atoms with E-state index < -0.39 is 23.6 Å². The van der Waals surface area contributed by atoms with Gasteiger partial charge in [-0.25, -0.2) is 4.98 Å². The normalized spacial score (nSPS) is 16.2. The van der Waals surface area contributed by atoms with Gasteiger partial charge in [0, 0.05) is 30.7 Å². The van der Waals surface area contributed by atoms with Crippen LogP contribution in [0.2, 0.25) is 5.15 Å². The highest BCUT2D eigenvalue weighted by Gasteiger charge is 2.35. The molecule has 2 amide bonds. The van der Waals surface area contributed by atoms with Crippen molar-refractivity contribution in [2.75, 3.05) is 16.8 Å². The van der Waals surface area contributed by atoms with Crippen molar-refractivity contribution in [3.05, 3.63) is 76.8 Å². The molecule has 0 radical (unpaired) electrons. The number of fused-ring (bicyclic) bond motifs is 1. The smallest absolute Gasteiger partial charge is 0.338 e. The van der Waals surface area contributed by atoms with Crippen LogP contribution in [-0.4, -0.2) is 27.9 Å². The highest BCUT2D eigenvalue weighted by Crippen LogP contribution is 2.33. The average Bonchev–Trinajstić information content (AvgIpc) is 3.18. The molecule has 1 aliphatic heterocycles. The van der Waals surface area contributed by atoms with Gasteiger partial charge in [-0.05, 0) is 49.4 Å². The number of hydrogen-bond acceptors (Lipinski definition) is 3. The molecule has 3 aromatic rings. The number of anilines is 2. The first-order chi connectivity index (χ1) is 14.7. The van der Waals surface area contributed by atoms with E-state index in [1.807, 2.05) is 6.92 Å². The van der Waals surface area contributed by atoms with E-state index in [4.69, 9.17) is 11.6 Å². The first kappa shape index (κ1) is 20.9. The fourth-order valence-electron chi connectivity index (χ4n) is 3.51. The molecule has 1 N–H and O–H groups in total. The molecule has 1 aromatic carbocycles. The number of rotatable bonds is 3. The summed E-state index contributed by atoms with van der Waals surface area (Å²) in [6.07, 6.45) is -1.35. The number of benzene rings is 1. The number of nitrogens with one attached hydrogen (secondary N) is 1. The molecule has 0 aliphatic carbocycles. The standard InChI is InChI=1S/C21H16ClF3N4O2/c1-12-11-29(14-6-4-13(5-7-14)21(23,24)25)20(31)17-15(8-10-28(12)17)19(30)27-16-3-2-9-26-18(16)22/h2-10,12H,11H2,1H3,(H,27,30)/t12-/m0/s1. The van der Waals surface area contributed by atoms with Gasteiger partial charge in [-0.1, -0.05) is 11.6 Å². The van der Waals surface area contributed by atoms with Gasteiger partial charge in [0.15, 0.2) is 5.15 Å². The van der Waals surface area contributed by atoms with E-state index >= 15 is 0 Å². The Morgan fingerprint density at radius 1 is 1.19 bits per heavy atom. The SMILES string of the molecule is C[C@H]1CN(c2ccc(C(F)(F)F)cc2)C(=O)c2c(C(=O)Nc3cccnc3Cl)ccn21. The number of carbonyl (C=O) groups excluding carboxylic acids is 2. The Morgan fingerprint density at radius 3 is 2.55 bits per heavy atom. The van der Waals surface area contributed by atoms with Gasteiger partial charge in [0.25, 0.3) is 11.8 Å². The van der Waals surface area contributed by atoms with E-state index in [-0.39, 0.29) is 29.0 Å². The summed E-state index contributed by atoms with van der Waals surface area (Å²) in [6.45, 7) is 2.11. The van der Waals surface area contributed by atoms with E-state index in [0.29, 0.717) is 11.4 Å². The molecular formula is C21H16ClF3N4O2. The molecule has 10 heteroatoms. The van der Waals surface area contributed by atoms with Crippen molar-refractivity contribution in [1.82, 2.24) is 9.55 Å². The molecule has 6 nitrogen and oxygen atoms in total. The van der Waals surface area contributed by atoms with Crippen LogP contribution in [0.5, 0.6) is 0 Å². The molecule has 0 saturated heterocycles. The van der Waals surface area contributed by atoms with Crippen molar-refractivity contribution in [2.45, 2.75) is 19.1 Å². The highest BCUT2D eigenvalue weighted by atomic mass is 35.5. The van der Waals surface area contributed by atoms with Crippen LogP contribution in [0.15, 0.2) is 54.9 Å². The van der Waals surface area contributed by atoms with E-state index in [2.05, 4.69) is 10.3 Å². The van der Waals surface area contributed by atoms with Crippen LogP contribution in [0.3, 0.4) is 0 Å². The molecular weight excluding hydrogens is 433 g/mol. The Balaban J connectivity index is 1.66. The third kappa shape index (κ3) is 3.88. The Bertz CT molecular complexity index is 1160. The van der Waals surface area contributed by atoms with Gasteiger partial charge in [-0.15, -0.1) is 0 Å². The molecule has 4 rings (SSSR count). The first-order valence-electron chi connectivity index (χ1n) is 9.28. The minimum absolute atomic E-state index is 0.106. The Morgan fingerprint density at radius 2 is 1.90 bits per heavy atom. The van der Waals surface area contributed by atoms with Gasteiger partial charge >= 0.3 is 6.18 Å². The van der Waals surface area contributed by atoms with Crippen molar-refractivity contribution in [1.29, 1.82) is 0 Å². The number of amides is 2. The molecule has 31 heavy (non-hydrogen) atoms. The van der Waals surface area contributed by atoms with E-state index in [9.17, 15) is 22.8 Å². The Hall–Kier alpha value is -3.33. The predicted octanol–water partition coefficient (Wildman–Crippen LogP) is 5.03. The molecule has 2 aromatic heterocycles. The van der Waals surface area contributed by atoms with Gasteiger partial charge in [0.05, 0.1) is 16.8 Å². The van der Waals surface area contributed by atoms with Crippen molar-refractivity contribution in [3.63, 3.8) is 0 Å². The summed E-state index contributed by atoms with van der Waals surface area (Å²) in [5, 5.41) is 2.74. The Kier molecular flexibility index (Phi) is 5.22. The van der Waals surface area contributed by atoms with Gasteiger partial charge in [0.2, 0.25) is 0 Å². The number of alkyl halides is 3. The van der Waals surface area contributed by atoms with Crippen LogP contribution in [0.1, 0.15) is 39.4 Å². The lowest BCUT2D eigenvalue weighted by Gasteiger charge is -2.33. The van der Waals surface area contributed by atoms with Crippen LogP contribution >= 0.6 is 11.6 Å². The predicted molar refractivity (Wildman–Crippen MR) is 109 cm³/mol. The first-order valence-corrected chi connectivity index (χ1v) is 9.66. The molecule has 0 saturated carbocycles. The Labute approximate surface area is 180 Å². The van der Waals surface area contributed by atoms with Gasteiger partial charge in [0.1, 0.15) is 5.69 Å². The number of carbonyl (C=O) groups is 2. The lowest BCUT2D eigenvalue weighted by Crippen LogP contribution is -2.43. The second-order valence-electron chi connectivity index (χ2n) is 7.09. The topological polar surface area (TPSA) is 67.2 Å². The van der Waals surface area contributed by atoms with Gasteiger partial charge in [-0.3, -0.25) is 9.59 Å². The molecule has 1 aliphatic rings. The quantitative estimate of drug-likeness (QED) is 0.571. The zero-order chi connectivity index (χ0) is 22.3.